The van der Waals surface area contributed by atoms with Crippen molar-refractivity contribution in [3.63, 3.8) is 0 Å². The first-order valence-electron chi connectivity index (χ1n) is 9.29. The highest BCUT2D eigenvalue weighted by atomic mass is 16.5. The summed E-state index contributed by atoms with van der Waals surface area (Å²) in [6, 6.07) is 15.0. The maximum Gasteiger partial charge on any atom is 0.255 e. The van der Waals surface area contributed by atoms with E-state index in [1.165, 1.54) is 18.5 Å². The number of carbonyl (C=O) groups excluding carboxylic acids is 1. The van der Waals surface area contributed by atoms with Crippen LogP contribution in [0.15, 0.2) is 48.5 Å². The molecule has 0 saturated carbocycles. The lowest BCUT2D eigenvalue weighted by Crippen LogP contribution is -2.17. The molecule has 0 aliphatic carbocycles. The van der Waals surface area contributed by atoms with E-state index in [0.29, 0.717) is 17.1 Å². The average molecular weight is 378 g/mol. The van der Waals surface area contributed by atoms with Crippen molar-refractivity contribution in [1.82, 2.24) is 20.2 Å². The Morgan fingerprint density at radius 2 is 1.93 bits per heavy atom. The third-order valence-corrected chi connectivity index (χ3v) is 4.77. The first kappa shape index (κ1) is 18.0. The standard InChI is InChI=1S/C20H22N6O2/c1-25-19(22-23-24-25)14-28-18-6-4-5-15(13-18)20(27)21-16-7-9-17(10-8-16)26-11-2-3-12-26/h4-10,13H,2-3,11-12,14H2,1H3,(H,21,27). The van der Waals surface area contributed by atoms with Crippen molar-refractivity contribution in [3.8, 4) is 5.75 Å². The van der Waals surface area contributed by atoms with Crippen LogP contribution < -0.4 is 15.0 Å². The van der Waals surface area contributed by atoms with Gasteiger partial charge in [0.05, 0.1) is 0 Å². The fourth-order valence-electron chi connectivity index (χ4n) is 3.18. The molecular formula is C20H22N6O2. The molecule has 1 fully saturated rings. The highest BCUT2D eigenvalue weighted by molar-refractivity contribution is 6.04. The number of anilines is 2. The van der Waals surface area contributed by atoms with Gasteiger partial charge in [-0.15, -0.1) is 5.10 Å². The third-order valence-electron chi connectivity index (χ3n) is 4.77. The third kappa shape index (κ3) is 4.11. The minimum Gasteiger partial charge on any atom is -0.486 e. The predicted molar refractivity (Wildman–Crippen MR) is 105 cm³/mol. The minimum atomic E-state index is -0.181. The molecule has 1 aliphatic heterocycles. The van der Waals surface area contributed by atoms with Crippen molar-refractivity contribution in [3.05, 3.63) is 59.9 Å². The number of aryl methyl sites for hydroxylation is 1. The molecule has 3 aromatic rings. The molecule has 1 amide bonds. The summed E-state index contributed by atoms with van der Waals surface area (Å²) >= 11 is 0. The molecule has 144 valence electrons. The predicted octanol–water partition coefficient (Wildman–Crippen LogP) is 2.64. The van der Waals surface area contributed by atoms with Gasteiger partial charge in [0.1, 0.15) is 12.4 Å². The molecule has 8 heteroatoms. The molecule has 4 rings (SSSR count). The number of ether oxygens (including phenoxy) is 1. The van der Waals surface area contributed by atoms with E-state index in [-0.39, 0.29) is 12.5 Å². The van der Waals surface area contributed by atoms with Gasteiger partial charge in [-0.3, -0.25) is 4.79 Å². The summed E-state index contributed by atoms with van der Waals surface area (Å²) in [4.78, 5) is 14.9. The van der Waals surface area contributed by atoms with Gasteiger partial charge in [0.25, 0.3) is 5.91 Å². The van der Waals surface area contributed by atoms with Gasteiger partial charge in [-0.05, 0) is 65.7 Å². The summed E-state index contributed by atoms with van der Waals surface area (Å²) in [5, 5.41) is 14.1. The van der Waals surface area contributed by atoms with Crippen LogP contribution in [-0.4, -0.2) is 39.2 Å². The Morgan fingerprint density at radius 1 is 1.14 bits per heavy atom. The van der Waals surface area contributed by atoms with Gasteiger partial charge in [0, 0.05) is 37.1 Å². The second-order valence-corrected chi connectivity index (χ2v) is 6.73. The van der Waals surface area contributed by atoms with Gasteiger partial charge in [-0.2, -0.15) is 0 Å². The normalized spacial score (nSPS) is 13.5. The maximum atomic E-state index is 12.6. The van der Waals surface area contributed by atoms with E-state index < -0.39 is 0 Å². The monoisotopic (exact) mass is 378 g/mol. The van der Waals surface area contributed by atoms with Crippen LogP contribution >= 0.6 is 0 Å². The lowest BCUT2D eigenvalue weighted by atomic mass is 10.2. The highest BCUT2D eigenvalue weighted by Gasteiger charge is 2.13. The zero-order valence-electron chi connectivity index (χ0n) is 15.7. The molecule has 1 saturated heterocycles. The number of hydrogen-bond acceptors (Lipinski definition) is 6. The van der Waals surface area contributed by atoms with Crippen molar-refractivity contribution in [1.29, 1.82) is 0 Å². The SMILES string of the molecule is Cn1nnnc1COc1cccc(C(=O)Nc2ccc(N3CCCC3)cc2)c1. The number of amides is 1. The fourth-order valence-corrected chi connectivity index (χ4v) is 3.18. The molecule has 2 heterocycles. The molecule has 1 N–H and O–H groups in total. The Bertz CT molecular complexity index is 947. The molecule has 28 heavy (non-hydrogen) atoms. The molecule has 2 aromatic carbocycles. The van der Waals surface area contributed by atoms with Gasteiger partial charge < -0.3 is 15.0 Å². The Balaban J connectivity index is 1.38. The molecule has 0 spiro atoms. The van der Waals surface area contributed by atoms with Crippen LogP contribution in [0.3, 0.4) is 0 Å². The van der Waals surface area contributed by atoms with Crippen molar-refractivity contribution >= 4 is 17.3 Å². The zero-order chi connectivity index (χ0) is 19.3. The second kappa shape index (κ2) is 8.08. The average Bonchev–Trinajstić information content (AvgIpc) is 3.39. The van der Waals surface area contributed by atoms with E-state index in [0.717, 1.165) is 18.8 Å². The Hall–Kier alpha value is -3.42. The zero-order valence-corrected chi connectivity index (χ0v) is 15.7. The quantitative estimate of drug-likeness (QED) is 0.710. The summed E-state index contributed by atoms with van der Waals surface area (Å²) in [6.07, 6.45) is 2.48. The van der Waals surface area contributed by atoms with Crippen LogP contribution in [0.4, 0.5) is 11.4 Å². The van der Waals surface area contributed by atoms with Crippen LogP contribution in [-0.2, 0) is 13.7 Å². The highest BCUT2D eigenvalue weighted by Crippen LogP contribution is 2.22. The number of carbonyl (C=O) groups is 1. The van der Waals surface area contributed by atoms with Gasteiger partial charge in [0.15, 0.2) is 5.82 Å². The van der Waals surface area contributed by atoms with Crippen molar-refractivity contribution < 1.29 is 9.53 Å². The summed E-state index contributed by atoms with van der Waals surface area (Å²) < 4.78 is 7.24. The van der Waals surface area contributed by atoms with E-state index in [2.05, 4.69) is 37.9 Å². The number of benzene rings is 2. The summed E-state index contributed by atoms with van der Waals surface area (Å²) in [5.41, 5.74) is 2.49. The summed E-state index contributed by atoms with van der Waals surface area (Å²) in [6.45, 7) is 2.43. The number of hydrogen-bond donors (Lipinski definition) is 1. The topological polar surface area (TPSA) is 85.2 Å². The number of aromatic nitrogens is 4. The number of nitrogens with zero attached hydrogens (tertiary/aromatic N) is 5. The van der Waals surface area contributed by atoms with E-state index in [1.807, 2.05) is 12.1 Å². The van der Waals surface area contributed by atoms with Gasteiger partial charge in [0.2, 0.25) is 0 Å². The fraction of sp³-hybridized carbons (Fsp3) is 0.300. The number of tetrazole rings is 1. The minimum absolute atomic E-state index is 0.181. The molecule has 8 nitrogen and oxygen atoms in total. The summed E-state index contributed by atoms with van der Waals surface area (Å²) in [5.74, 6) is 1.01. The van der Waals surface area contributed by atoms with Crippen LogP contribution in [0.1, 0.15) is 29.0 Å². The number of nitrogens with one attached hydrogen (secondary N) is 1. The van der Waals surface area contributed by atoms with E-state index in [4.69, 9.17) is 4.74 Å². The summed E-state index contributed by atoms with van der Waals surface area (Å²) in [7, 11) is 1.75. The van der Waals surface area contributed by atoms with Gasteiger partial charge >= 0.3 is 0 Å². The van der Waals surface area contributed by atoms with Crippen molar-refractivity contribution in [2.75, 3.05) is 23.3 Å². The second-order valence-electron chi connectivity index (χ2n) is 6.73. The van der Waals surface area contributed by atoms with Gasteiger partial charge in [-0.1, -0.05) is 6.07 Å². The molecular weight excluding hydrogens is 356 g/mol. The molecule has 0 atom stereocenters. The molecule has 0 unspecified atom stereocenters. The van der Waals surface area contributed by atoms with E-state index >= 15 is 0 Å². The molecule has 1 aliphatic rings. The Kier molecular flexibility index (Phi) is 5.18. The molecule has 0 bridgehead atoms. The smallest absolute Gasteiger partial charge is 0.255 e. The van der Waals surface area contributed by atoms with Crippen LogP contribution in [0.5, 0.6) is 5.75 Å². The van der Waals surface area contributed by atoms with E-state index in [1.54, 1.807) is 36.0 Å². The maximum absolute atomic E-state index is 12.6. The largest absolute Gasteiger partial charge is 0.486 e. The van der Waals surface area contributed by atoms with Crippen molar-refractivity contribution in [2.24, 2.45) is 7.05 Å². The first-order valence-corrected chi connectivity index (χ1v) is 9.29. The lowest BCUT2D eigenvalue weighted by Gasteiger charge is -2.17. The van der Waals surface area contributed by atoms with Crippen LogP contribution in [0.2, 0.25) is 0 Å². The molecule has 1 aromatic heterocycles. The van der Waals surface area contributed by atoms with Crippen LogP contribution in [0.25, 0.3) is 0 Å². The Labute approximate surface area is 163 Å². The van der Waals surface area contributed by atoms with Crippen LogP contribution in [0, 0.1) is 0 Å². The molecule has 0 radical (unpaired) electrons. The van der Waals surface area contributed by atoms with Crippen molar-refractivity contribution in [2.45, 2.75) is 19.4 Å². The van der Waals surface area contributed by atoms with E-state index in [9.17, 15) is 4.79 Å². The number of rotatable bonds is 6. The first-order chi connectivity index (χ1) is 13.7. The van der Waals surface area contributed by atoms with Gasteiger partial charge in [-0.25, -0.2) is 4.68 Å². The Morgan fingerprint density at radius 3 is 2.64 bits per heavy atom. The lowest BCUT2D eigenvalue weighted by molar-refractivity contribution is 0.102.